The van der Waals surface area contributed by atoms with Gasteiger partial charge in [0.05, 0.1) is 11.5 Å². The summed E-state index contributed by atoms with van der Waals surface area (Å²) in [7, 11) is 0. The van der Waals surface area contributed by atoms with Gasteiger partial charge in [0.2, 0.25) is 0 Å². The molecule has 1 aromatic rings. The van der Waals surface area contributed by atoms with E-state index < -0.39 is 0 Å². The largest absolute Gasteiger partial charge is 0.198 e. The first-order valence-corrected chi connectivity index (χ1v) is 17.7. The van der Waals surface area contributed by atoms with Gasteiger partial charge in [0.15, 0.2) is 0 Å². The van der Waals surface area contributed by atoms with Crippen molar-refractivity contribution in [1.82, 2.24) is 0 Å². The number of allylic oxidation sites excluding steroid dienone is 3. The number of unbranched alkanes of at least 4 members (excludes halogenated alkanes) is 9. The fourth-order valence-electron chi connectivity index (χ4n) is 4.75. The highest BCUT2D eigenvalue weighted by molar-refractivity contribution is 8.47. The van der Waals surface area contributed by atoms with Crippen molar-refractivity contribution >= 4 is 39.3 Å². The van der Waals surface area contributed by atoms with Gasteiger partial charge in [0.25, 0.3) is 0 Å². The van der Waals surface area contributed by atoms with Gasteiger partial charge in [-0.15, -0.1) is 23.5 Å². The third kappa shape index (κ3) is 19.7. The number of nitrogens with zero attached hydrogens (tertiary/aromatic N) is 1. The van der Waals surface area contributed by atoms with E-state index in [4.69, 9.17) is 12.2 Å². The first kappa shape index (κ1) is 36.0. The molecule has 0 saturated heterocycles. The molecule has 4 heteroatoms. The average molecular weight is 586 g/mol. The summed E-state index contributed by atoms with van der Waals surface area (Å²) >= 11 is 9.47. The maximum Gasteiger partial charge on any atom is 0.104 e. The zero-order valence-corrected chi connectivity index (χ0v) is 28.1. The standard InChI is InChI=1S/C35H55NS3/c1-6-7-8-9-10-11-12-13-14-18-26-38-34(37)39-28-31(21-19-20-30(2)3)24-25-33(27-35(4,5)29-36)32-22-16-15-17-23-32/h15-17,20,22-24,33H,6-14,18-19,21,25-28H2,1-5H3/b31-24+. The lowest BCUT2D eigenvalue weighted by Crippen LogP contribution is -2.14. The molecular formula is C35H55NS3. The van der Waals surface area contributed by atoms with E-state index in [2.05, 4.69) is 83.2 Å². The maximum atomic E-state index is 9.67. The molecule has 0 fully saturated rings. The molecule has 1 atom stereocenters. The van der Waals surface area contributed by atoms with Crippen molar-refractivity contribution in [3.05, 3.63) is 59.2 Å². The second kappa shape index (κ2) is 22.6. The predicted octanol–water partition coefficient (Wildman–Crippen LogP) is 12.4. The van der Waals surface area contributed by atoms with Crippen LogP contribution in [0.25, 0.3) is 0 Å². The summed E-state index contributed by atoms with van der Waals surface area (Å²) in [5.74, 6) is 2.48. The molecule has 39 heavy (non-hydrogen) atoms. The number of thiocarbonyl (C=S) groups is 1. The molecule has 0 radical (unpaired) electrons. The summed E-state index contributed by atoms with van der Waals surface area (Å²) in [6.07, 6.45) is 22.6. The molecule has 0 amide bonds. The van der Waals surface area contributed by atoms with Gasteiger partial charge in [-0.05, 0) is 77.0 Å². The fourth-order valence-corrected chi connectivity index (χ4v) is 7.02. The molecule has 1 unspecified atom stereocenters. The second-order valence-electron chi connectivity index (χ2n) is 11.8. The third-order valence-corrected chi connectivity index (χ3v) is 10.0. The maximum absolute atomic E-state index is 9.67. The van der Waals surface area contributed by atoms with Crippen molar-refractivity contribution < 1.29 is 0 Å². The van der Waals surface area contributed by atoms with Crippen LogP contribution in [0.5, 0.6) is 0 Å². The van der Waals surface area contributed by atoms with Crippen LogP contribution in [0.15, 0.2) is 53.6 Å². The SMILES string of the molecule is CCCCCCCCCCCCSC(=S)SC/C(=C/CC(CC(C)(C)C#N)c1ccccc1)CCC=C(C)C. The van der Waals surface area contributed by atoms with Crippen LogP contribution in [-0.4, -0.2) is 15.0 Å². The van der Waals surface area contributed by atoms with Crippen molar-refractivity contribution in [3.63, 3.8) is 0 Å². The first-order valence-electron chi connectivity index (χ1n) is 15.3. The first-order chi connectivity index (χ1) is 18.8. The number of thioether (sulfide) groups is 2. The summed E-state index contributed by atoms with van der Waals surface area (Å²) in [5, 5.41) is 9.67. The molecule has 0 N–H and O–H groups in total. The van der Waals surface area contributed by atoms with Crippen LogP contribution in [0.4, 0.5) is 0 Å². The molecule has 0 aromatic heterocycles. The van der Waals surface area contributed by atoms with Gasteiger partial charge in [0, 0.05) is 5.75 Å². The van der Waals surface area contributed by atoms with Crippen molar-refractivity contribution in [2.75, 3.05) is 11.5 Å². The van der Waals surface area contributed by atoms with Gasteiger partial charge < -0.3 is 0 Å². The number of hydrogen-bond donors (Lipinski definition) is 0. The van der Waals surface area contributed by atoms with Crippen molar-refractivity contribution in [2.45, 2.75) is 130 Å². The van der Waals surface area contributed by atoms with Crippen LogP contribution in [0, 0.1) is 16.7 Å². The molecule has 218 valence electrons. The highest BCUT2D eigenvalue weighted by atomic mass is 32.2. The Morgan fingerprint density at radius 1 is 0.923 bits per heavy atom. The van der Waals surface area contributed by atoms with Crippen LogP contribution < -0.4 is 0 Å². The van der Waals surface area contributed by atoms with E-state index in [1.165, 1.54) is 80.9 Å². The summed E-state index contributed by atoms with van der Waals surface area (Å²) in [5.41, 5.74) is 3.85. The Hall–Kier alpha value is -1.02. The Balaban J connectivity index is 2.54. The van der Waals surface area contributed by atoms with E-state index in [-0.39, 0.29) is 5.41 Å². The normalized spacial score (nSPS) is 12.7. The van der Waals surface area contributed by atoms with Gasteiger partial charge in [0.1, 0.15) is 3.53 Å². The summed E-state index contributed by atoms with van der Waals surface area (Å²) in [4.78, 5) is 0. The topological polar surface area (TPSA) is 23.8 Å². The van der Waals surface area contributed by atoms with Crippen LogP contribution in [0.1, 0.15) is 136 Å². The van der Waals surface area contributed by atoms with Crippen LogP contribution in [-0.2, 0) is 0 Å². The van der Waals surface area contributed by atoms with E-state index in [0.717, 1.165) is 40.7 Å². The van der Waals surface area contributed by atoms with Gasteiger partial charge in [-0.2, -0.15) is 5.26 Å². The molecule has 0 heterocycles. The molecule has 0 bridgehead atoms. The lowest BCUT2D eigenvalue weighted by atomic mass is 9.79. The lowest BCUT2D eigenvalue weighted by Gasteiger charge is -2.24. The van der Waals surface area contributed by atoms with E-state index in [1.54, 1.807) is 0 Å². The van der Waals surface area contributed by atoms with Crippen molar-refractivity contribution in [1.29, 1.82) is 5.26 Å². The zero-order valence-electron chi connectivity index (χ0n) is 25.6. The van der Waals surface area contributed by atoms with Gasteiger partial charge in [-0.1, -0.05) is 131 Å². The number of nitriles is 1. The molecular weight excluding hydrogens is 531 g/mol. The molecule has 0 spiro atoms. The zero-order chi connectivity index (χ0) is 28.8. The van der Waals surface area contributed by atoms with Gasteiger partial charge in [-0.3, -0.25) is 0 Å². The van der Waals surface area contributed by atoms with Crippen LogP contribution in [0.2, 0.25) is 0 Å². The quantitative estimate of drug-likeness (QED) is 0.0813. The van der Waals surface area contributed by atoms with E-state index in [1.807, 2.05) is 23.5 Å². The monoisotopic (exact) mass is 585 g/mol. The molecule has 0 aliphatic carbocycles. The predicted molar refractivity (Wildman–Crippen MR) is 184 cm³/mol. The third-order valence-electron chi connectivity index (χ3n) is 7.13. The van der Waals surface area contributed by atoms with E-state index >= 15 is 0 Å². The minimum atomic E-state index is -0.335. The van der Waals surface area contributed by atoms with Gasteiger partial charge >= 0.3 is 0 Å². The van der Waals surface area contributed by atoms with E-state index in [9.17, 15) is 5.26 Å². The Labute approximate surface area is 256 Å². The Morgan fingerprint density at radius 3 is 2.13 bits per heavy atom. The molecule has 0 aliphatic heterocycles. The van der Waals surface area contributed by atoms with Crippen molar-refractivity contribution in [3.8, 4) is 6.07 Å². The minimum absolute atomic E-state index is 0.335. The van der Waals surface area contributed by atoms with E-state index in [0.29, 0.717) is 5.92 Å². The fraction of sp³-hybridized carbons (Fsp3) is 0.657. The van der Waals surface area contributed by atoms with Crippen molar-refractivity contribution in [2.24, 2.45) is 5.41 Å². The molecule has 1 nitrogen and oxygen atoms in total. The molecule has 0 saturated carbocycles. The number of benzene rings is 1. The molecule has 1 rings (SSSR count). The molecule has 1 aromatic carbocycles. The van der Waals surface area contributed by atoms with Crippen LogP contribution >= 0.6 is 35.7 Å². The highest BCUT2D eigenvalue weighted by Crippen LogP contribution is 2.35. The Kier molecular flexibility index (Phi) is 20.9. The Morgan fingerprint density at radius 2 is 1.54 bits per heavy atom. The highest BCUT2D eigenvalue weighted by Gasteiger charge is 2.23. The number of rotatable bonds is 21. The smallest absolute Gasteiger partial charge is 0.104 e. The van der Waals surface area contributed by atoms with Gasteiger partial charge in [-0.25, -0.2) is 0 Å². The summed E-state index contributed by atoms with van der Waals surface area (Å²) in [6, 6.07) is 13.2. The van der Waals surface area contributed by atoms with Crippen LogP contribution in [0.3, 0.4) is 0 Å². The Bertz CT molecular complexity index is 875. The molecule has 0 aliphatic rings. The number of hydrogen-bond acceptors (Lipinski definition) is 4. The summed E-state index contributed by atoms with van der Waals surface area (Å²) < 4.78 is 1.09. The average Bonchev–Trinajstić information content (AvgIpc) is 2.92. The summed E-state index contributed by atoms with van der Waals surface area (Å²) in [6.45, 7) is 10.7. The second-order valence-corrected chi connectivity index (χ2v) is 15.1. The minimum Gasteiger partial charge on any atom is -0.198 e. The lowest BCUT2D eigenvalue weighted by molar-refractivity contribution is 0.400.